The number of aliphatic carboxylic acids is 1. The topological polar surface area (TPSA) is 129 Å². The van der Waals surface area contributed by atoms with Gasteiger partial charge in [0.1, 0.15) is 11.5 Å². The summed E-state index contributed by atoms with van der Waals surface area (Å²) in [7, 11) is 2.91. The second-order valence-corrected chi connectivity index (χ2v) is 5.32. The molecule has 0 unspecified atom stereocenters. The summed E-state index contributed by atoms with van der Waals surface area (Å²) < 4.78 is 9.94. The number of rotatable bonds is 7. The SMILES string of the molecule is CC(=O)[O-].COc1cccc(C=NCCN=Cc2cccc(OC)c2[O-])c1[O-].[Mn+3]. The summed E-state index contributed by atoms with van der Waals surface area (Å²) in [5.41, 5.74) is 0.931. The molecule has 2 aromatic carbocycles. The zero-order chi connectivity index (χ0) is 20.9. The normalized spacial score (nSPS) is 10.2. The first-order valence-corrected chi connectivity index (χ1v) is 8.26. The number of nitrogens with zero attached hydrogens (tertiary/aromatic N) is 2. The van der Waals surface area contributed by atoms with Gasteiger partial charge in [-0.15, -0.1) is 0 Å². The van der Waals surface area contributed by atoms with E-state index in [-0.39, 0.29) is 40.1 Å². The predicted molar refractivity (Wildman–Crippen MR) is 100 cm³/mol. The summed E-state index contributed by atoms with van der Waals surface area (Å²) in [4.78, 5) is 17.2. The van der Waals surface area contributed by atoms with Crippen LogP contribution < -0.4 is 24.8 Å². The van der Waals surface area contributed by atoms with Crippen LogP contribution in [0.2, 0.25) is 0 Å². The molecule has 0 aromatic heterocycles. The third-order valence-corrected chi connectivity index (χ3v) is 3.28. The van der Waals surface area contributed by atoms with Crippen molar-refractivity contribution in [1.82, 2.24) is 0 Å². The van der Waals surface area contributed by atoms with E-state index in [0.717, 1.165) is 6.92 Å². The smallest absolute Gasteiger partial charge is 0.870 e. The van der Waals surface area contributed by atoms with Crippen LogP contribution >= 0.6 is 0 Å². The van der Waals surface area contributed by atoms with Gasteiger partial charge in [-0.2, -0.15) is 0 Å². The van der Waals surface area contributed by atoms with Crippen LogP contribution in [0.25, 0.3) is 0 Å². The van der Waals surface area contributed by atoms with Gasteiger partial charge in [-0.05, 0) is 30.2 Å². The number of hydrogen-bond donors (Lipinski definition) is 0. The van der Waals surface area contributed by atoms with Gasteiger partial charge in [0, 0.05) is 18.4 Å². The van der Waals surface area contributed by atoms with Gasteiger partial charge in [-0.3, -0.25) is 9.98 Å². The molecule has 8 nitrogen and oxygen atoms in total. The van der Waals surface area contributed by atoms with Crippen molar-refractivity contribution in [3.8, 4) is 23.0 Å². The first kappa shape index (κ1) is 26.0. The summed E-state index contributed by atoms with van der Waals surface area (Å²) in [6.07, 6.45) is 3.01. The Morgan fingerprint density at radius 1 is 0.897 bits per heavy atom. The van der Waals surface area contributed by atoms with Gasteiger partial charge in [0.05, 0.1) is 27.3 Å². The Morgan fingerprint density at radius 3 is 1.55 bits per heavy atom. The minimum Gasteiger partial charge on any atom is -0.870 e. The average Bonchev–Trinajstić information content (AvgIpc) is 2.66. The standard InChI is InChI=1S/C18H20N2O4.C2H4O2.Mn/c1-23-15-7-3-5-13(17(15)21)11-19-9-10-20-12-14-6-4-8-16(24-2)18(14)22;1-2(3)4;/h3-8,11-12,21-22H,9-10H2,1-2H3;1H3,(H,3,4);/q;;+3/p-3. The van der Waals surface area contributed by atoms with Gasteiger partial charge in [0.15, 0.2) is 0 Å². The molecule has 154 valence electrons. The van der Waals surface area contributed by atoms with E-state index in [1.54, 1.807) is 36.4 Å². The van der Waals surface area contributed by atoms with E-state index in [9.17, 15) is 10.2 Å². The number of carboxylic acids is 1. The van der Waals surface area contributed by atoms with E-state index in [2.05, 4.69) is 9.98 Å². The molecule has 29 heavy (non-hydrogen) atoms. The first-order valence-electron chi connectivity index (χ1n) is 8.26. The maximum atomic E-state index is 11.9. The van der Waals surface area contributed by atoms with Gasteiger partial charge >= 0.3 is 17.1 Å². The van der Waals surface area contributed by atoms with Crippen molar-refractivity contribution < 1.29 is 46.7 Å². The summed E-state index contributed by atoms with van der Waals surface area (Å²) in [6.45, 7) is 1.79. The van der Waals surface area contributed by atoms with E-state index >= 15 is 0 Å². The molecule has 2 aromatic rings. The van der Waals surface area contributed by atoms with E-state index in [0.29, 0.717) is 24.2 Å². The van der Waals surface area contributed by atoms with Gasteiger partial charge in [-0.1, -0.05) is 35.8 Å². The number of aliphatic imine (C=N–C) groups is 2. The molecule has 0 spiro atoms. The molecule has 2 rings (SSSR count). The Morgan fingerprint density at radius 2 is 1.24 bits per heavy atom. The minimum atomic E-state index is -1.08. The molecule has 0 atom stereocenters. The minimum absolute atomic E-state index is 0. The Labute approximate surface area is 180 Å². The van der Waals surface area contributed by atoms with E-state index in [4.69, 9.17) is 19.4 Å². The summed E-state index contributed by atoms with van der Waals surface area (Å²) in [5.74, 6) is -0.893. The van der Waals surface area contributed by atoms with Crippen molar-refractivity contribution in [2.75, 3.05) is 27.3 Å². The number of ether oxygens (including phenoxy) is 2. The average molecular weight is 440 g/mol. The number of carbonyl (C=O) groups excluding carboxylic acids is 1. The number of benzene rings is 2. The van der Waals surface area contributed by atoms with Crippen molar-refractivity contribution in [1.29, 1.82) is 0 Å². The summed E-state index contributed by atoms with van der Waals surface area (Å²) in [5, 5.41) is 32.7. The van der Waals surface area contributed by atoms with Gasteiger partial charge in [0.2, 0.25) is 0 Å². The molecule has 0 saturated heterocycles. The molecule has 0 aliphatic carbocycles. The summed E-state index contributed by atoms with van der Waals surface area (Å²) >= 11 is 0. The third kappa shape index (κ3) is 9.14. The maximum absolute atomic E-state index is 11.9. The second kappa shape index (κ2) is 14.0. The van der Waals surface area contributed by atoms with Crippen LogP contribution in [-0.4, -0.2) is 45.7 Å². The Bertz CT molecular complexity index is 772. The van der Waals surface area contributed by atoms with Crippen LogP contribution in [0.4, 0.5) is 0 Å². The zero-order valence-corrected chi connectivity index (χ0v) is 17.4. The van der Waals surface area contributed by atoms with Crippen LogP contribution in [0.15, 0.2) is 46.4 Å². The van der Waals surface area contributed by atoms with Gasteiger partial charge < -0.3 is 29.6 Å². The molecule has 0 radical (unpaired) electrons. The molecule has 0 amide bonds. The number of carboxylic acid groups (broad SMARTS) is 1. The zero-order valence-electron chi connectivity index (χ0n) is 16.3. The van der Waals surface area contributed by atoms with E-state index in [1.807, 2.05) is 0 Å². The molecule has 0 bridgehead atoms. The largest absolute Gasteiger partial charge is 3.00 e. The number of methoxy groups -OCH3 is 2. The molecule has 9 heteroatoms. The number of hydrogen-bond acceptors (Lipinski definition) is 8. The Hall–Kier alpha value is -3.03. The molecule has 0 fully saturated rings. The van der Waals surface area contributed by atoms with Crippen LogP contribution in [0.1, 0.15) is 18.1 Å². The van der Waals surface area contributed by atoms with Crippen LogP contribution in [0, 0.1) is 0 Å². The third-order valence-electron chi connectivity index (χ3n) is 3.28. The monoisotopic (exact) mass is 440 g/mol. The second-order valence-electron chi connectivity index (χ2n) is 5.32. The van der Waals surface area contributed by atoms with Gasteiger partial charge in [-0.25, -0.2) is 0 Å². The molecular weight excluding hydrogens is 419 g/mol. The Kier molecular flexibility index (Phi) is 12.6. The van der Waals surface area contributed by atoms with E-state index < -0.39 is 5.97 Å². The fourth-order valence-corrected chi connectivity index (χ4v) is 2.03. The van der Waals surface area contributed by atoms with Crippen LogP contribution in [0.5, 0.6) is 23.0 Å². The van der Waals surface area contributed by atoms with Crippen molar-refractivity contribution in [2.45, 2.75) is 6.92 Å². The Balaban J connectivity index is 0.00000143. The summed E-state index contributed by atoms with van der Waals surface area (Å²) in [6, 6.07) is 10.0. The van der Waals surface area contributed by atoms with Crippen LogP contribution in [0.3, 0.4) is 0 Å². The molecule has 0 N–H and O–H groups in total. The fourth-order valence-electron chi connectivity index (χ4n) is 2.03. The van der Waals surface area contributed by atoms with E-state index in [1.165, 1.54) is 26.6 Å². The first-order chi connectivity index (χ1) is 13.4. The fraction of sp³-hybridized carbons (Fsp3) is 0.250. The number of carbonyl (C=O) groups is 1. The molecular formula is C20H21MnN2O6. The molecule has 0 saturated carbocycles. The van der Waals surface area contributed by atoms with Gasteiger partial charge in [0.25, 0.3) is 0 Å². The van der Waals surface area contributed by atoms with Crippen molar-refractivity contribution in [2.24, 2.45) is 9.98 Å². The quantitative estimate of drug-likeness (QED) is 0.342. The van der Waals surface area contributed by atoms with Crippen molar-refractivity contribution in [3.63, 3.8) is 0 Å². The molecule has 0 aliphatic heterocycles. The van der Waals surface area contributed by atoms with Crippen molar-refractivity contribution in [3.05, 3.63) is 47.5 Å². The van der Waals surface area contributed by atoms with Crippen molar-refractivity contribution >= 4 is 18.4 Å². The predicted octanol–water partition coefficient (Wildman–Crippen LogP) is 0.143. The number of para-hydroxylation sites is 2. The molecule has 0 aliphatic rings. The van der Waals surface area contributed by atoms with Crippen LogP contribution in [-0.2, 0) is 21.9 Å². The molecule has 0 heterocycles. The maximum Gasteiger partial charge on any atom is 3.00 e.